The number of rotatable bonds is 6. The fraction of sp³-hybridized carbons (Fsp3) is 0.455. The van der Waals surface area contributed by atoms with Crippen LogP contribution in [0.3, 0.4) is 0 Å². The van der Waals surface area contributed by atoms with Gasteiger partial charge in [0, 0.05) is 36.1 Å². The van der Waals surface area contributed by atoms with Crippen molar-refractivity contribution in [1.82, 2.24) is 9.21 Å². The highest BCUT2D eigenvalue weighted by Gasteiger charge is 2.38. The molecule has 1 aliphatic heterocycles. The molecule has 0 aromatic heterocycles. The third-order valence-corrected chi connectivity index (χ3v) is 7.93. The average Bonchev–Trinajstić information content (AvgIpc) is 2.70. The molecule has 2 aromatic carbocycles. The Hall–Kier alpha value is -1.45. The molecule has 3 atom stereocenters. The van der Waals surface area contributed by atoms with Gasteiger partial charge in [0.15, 0.2) is 0 Å². The van der Waals surface area contributed by atoms with Gasteiger partial charge in [-0.25, -0.2) is 8.42 Å². The topological polar surface area (TPSA) is 70.1 Å². The van der Waals surface area contributed by atoms with Crippen LogP contribution in [-0.4, -0.2) is 61.6 Å². The highest BCUT2D eigenvalue weighted by atomic mass is 79.9. The molecule has 164 valence electrons. The maximum absolute atomic E-state index is 13.3. The molecule has 0 spiro atoms. The van der Waals surface area contributed by atoms with Crippen LogP contribution in [0.5, 0.6) is 5.75 Å². The quantitative estimate of drug-likeness (QED) is 0.663. The standard InChI is InChI=1S/C22H29BrN2O4S/c1-16-12-25(17(2)15-26)30(27,28)22-10-9-19(23)11-20(22)29-21(16)14-24(3)13-18-7-5-4-6-8-18/h4-11,16-17,21,26H,12-15H2,1-3H3/t16-,17-,21-/m0/s1. The zero-order chi connectivity index (χ0) is 21.9. The molecule has 30 heavy (non-hydrogen) atoms. The van der Waals surface area contributed by atoms with Gasteiger partial charge >= 0.3 is 0 Å². The largest absolute Gasteiger partial charge is 0.487 e. The third kappa shape index (κ3) is 5.23. The number of benzene rings is 2. The maximum Gasteiger partial charge on any atom is 0.247 e. The molecule has 2 aromatic rings. The number of fused-ring (bicyclic) bond motifs is 1. The Labute approximate surface area is 187 Å². The minimum atomic E-state index is -3.79. The van der Waals surface area contributed by atoms with Crippen molar-refractivity contribution in [2.24, 2.45) is 5.92 Å². The first-order chi connectivity index (χ1) is 14.2. The minimum Gasteiger partial charge on any atom is -0.487 e. The molecule has 0 fully saturated rings. The molecule has 0 saturated carbocycles. The fourth-order valence-corrected chi connectivity index (χ4v) is 5.85. The lowest BCUT2D eigenvalue weighted by Crippen LogP contribution is -2.49. The van der Waals surface area contributed by atoms with E-state index in [9.17, 15) is 13.5 Å². The molecule has 0 unspecified atom stereocenters. The predicted octanol–water partition coefficient (Wildman–Crippen LogP) is 3.35. The van der Waals surface area contributed by atoms with E-state index >= 15 is 0 Å². The van der Waals surface area contributed by atoms with Gasteiger partial charge in [0.1, 0.15) is 16.7 Å². The maximum atomic E-state index is 13.3. The molecule has 1 aliphatic rings. The third-order valence-electron chi connectivity index (χ3n) is 5.42. The Morgan fingerprint density at radius 2 is 1.97 bits per heavy atom. The lowest BCUT2D eigenvalue weighted by Gasteiger charge is -2.37. The van der Waals surface area contributed by atoms with E-state index < -0.39 is 16.1 Å². The summed E-state index contributed by atoms with van der Waals surface area (Å²) in [6.45, 7) is 5.18. The van der Waals surface area contributed by atoms with Crippen molar-refractivity contribution in [3.63, 3.8) is 0 Å². The van der Waals surface area contributed by atoms with Gasteiger partial charge in [-0.15, -0.1) is 0 Å². The number of likely N-dealkylation sites (N-methyl/N-ethyl adjacent to an activating group) is 1. The first kappa shape index (κ1) is 23.2. The zero-order valence-electron chi connectivity index (χ0n) is 17.5. The highest BCUT2D eigenvalue weighted by molar-refractivity contribution is 9.10. The van der Waals surface area contributed by atoms with Gasteiger partial charge in [0.05, 0.1) is 6.61 Å². The second-order valence-electron chi connectivity index (χ2n) is 8.01. The first-order valence-corrected chi connectivity index (χ1v) is 12.3. The molecule has 0 aliphatic carbocycles. The van der Waals surface area contributed by atoms with E-state index in [4.69, 9.17) is 4.74 Å². The molecule has 6 nitrogen and oxygen atoms in total. The molecule has 0 bridgehead atoms. The molecule has 8 heteroatoms. The predicted molar refractivity (Wildman–Crippen MR) is 121 cm³/mol. The van der Waals surface area contributed by atoms with E-state index in [0.717, 1.165) is 11.0 Å². The van der Waals surface area contributed by atoms with Crippen LogP contribution >= 0.6 is 15.9 Å². The number of hydrogen-bond acceptors (Lipinski definition) is 5. The van der Waals surface area contributed by atoms with E-state index in [2.05, 4.69) is 33.0 Å². The summed E-state index contributed by atoms with van der Waals surface area (Å²) in [5, 5.41) is 9.68. The Kier molecular flexibility index (Phi) is 7.57. The molecular weight excluding hydrogens is 468 g/mol. The fourth-order valence-electron chi connectivity index (χ4n) is 3.68. The molecule has 0 amide bonds. The summed E-state index contributed by atoms with van der Waals surface area (Å²) in [7, 11) is -1.75. The molecule has 0 saturated heterocycles. The Morgan fingerprint density at radius 3 is 2.63 bits per heavy atom. The van der Waals surface area contributed by atoms with Crippen molar-refractivity contribution in [2.75, 3.05) is 26.7 Å². The van der Waals surface area contributed by atoms with Gasteiger partial charge in [-0.3, -0.25) is 4.90 Å². The van der Waals surface area contributed by atoms with E-state index in [0.29, 0.717) is 12.3 Å². The summed E-state index contributed by atoms with van der Waals surface area (Å²) in [6, 6.07) is 14.7. The number of halogens is 1. The minimum absolute atomic E-state index is 0.0703. The first-order valence-electron chi connectivity index (χ1n) is 10.0. The molecule has 0 radical (unpaired) electrons. The van der Waals surface area contributed by atoms with Gasteiger partial charge < -0.3 is 9.84 Å². The van der Waals surface area contributed by atoms with Crippen LogP contribution in [0.2, 0.25) is 0 Å². The average molecular weight is 497 g/mol. The summed E-state index contributed by atoms with van der Waals surface area (Å²) in [5.41, 5.74) is 1.21. The summed E-state index contributed by atoms with van der Waals surface area (Å²) in [4.78, 5) is 2.32. The Bertz CT molecular complexity index is 955. The second kappa shape index (κ2) is 9.78. The molecular formula is C22H29BrN2O4S. The van der Waals surface area contributed by atoms with Crippen LogP contribution in [0.1, 0.15) is 19.4 Å². The Balaban J connectivity index is 1.92. The number of ether oxygens (including phenoxy) is 1. The molecule has 1 heterocycles. The van der Waals surface area contributed by atoms with E-state index in [1.165, 1.54) is 9.87 Å². The molecule has 3 rings (SSSR count). The number of aliphatic hydroxyl groups is 1. The van der Waals surface area contributed by atoms with Crippen molar-refractivity contribution in [2.45, 2.75) is 37.4 Å². The zero-order valence-corrected chi connectivity index (χ0v) is 19.9. The van der Waals surface area contributed by atoms with Gasteiger partial charge in [0.2, 0.25) is 10.0 Å². The van der Waals surface area contributed by atoms with Gasteiger partial charge in [-0.2, -0.15) is 4.31 Å². The summed E-state index contributed by atoms with van der Waals surface area (Å²) in [5.74, 6) is 0.267. The van der Waals surface area contributed by atoms with Gasteiger partial charge in [0.25, 0.3) is 0 Å². The van der Waals surface area contributed by atoms with Crippen LogP contribution in [0, 0.1) is 5.92 Å². The van der Waals surface area contributed by atoms with Crippen LogP contribution in [0.25, 0.3) is 0 Å². The van der Waals surface area contributed by atoms with Crippen LogP contribution in [0.15, 0.2) is 57.9 Å². The number of aliphatic hydroxyl groups excluding tert-OH is 1. The molecule has 1 N–H and O–H groups in total. The lowest BCUT2D eigenvalue weighted by atomic mass is 10.0. The number of hydrogen-bond donors (Lipinski definition) is 1. The van der Waals surface area contributed by atoms with Crippen LogP contribution in [-0.2, 0) is 16.6 Å². The van der Waals surface area contributed by atoms with Crippen LogP contribution in [0.4, 0.5) is 0 Å². The normalized spacial score (nSPS) is 22.6. The van der Waals surface area contributed by atoms with E-state index in [1.807, 2.05) is 32.2 Å². The number of sulfonamides is 1. The lowest BCUT2D eigenvalue weighted by molar-refractivity contribution is 0.0733. The Morgan fingerprint density at radius 1 is 1.27 bits per heavy atom. The summed E-state index contributed by atoms with van der Waals surface area (Å²) < 4.78 is 35.1. The van der Waals surface area contributed by atoms with E-state index in [-0.39, 0.29) is 30.1 Å². The second-order valence-corrected chi connectivity index (χ2v) is 10.8. The SMILES string of the molecule is C[C@H]1CN([C@@H](C)CO)S(=O)(=O)c2ccc(Br)cc2O[C@H]1CN(C)Cc1ccccc1. The van der Waals surface area contributed by atoms with Gasteiger partial charge in [-0.05, 0) is 37.7 Å². The summed E-state index contributed by atoms with van der Waals surface area (Å²) in [6.07, 6.45) is -0.212. The van der Waals surface area contributed by atoms with Crippen molar-refractivity contribution in [3.8, 4) is 5.75 Å². The van der Waals surface area contributed by atoms with Crippen LogP contribution < -0.4 is 4.74 Å². The smallest absolute Gasteiger partial charge is 0.247 e. The van der Waals surface area contributed by atoms with E-state index in [1.54, 1.807) is 25.1 Å². The van der Waals surface area contributed by atoms with Crippen molar-refractivity contribution in [1.29, 1.82) is 0 Å². The van der Waals surface area contributed by atoms with Crippen molar-refractivity contribution < 1.29 is 18.3 Å². The van der Waals surface area contributed by atoms with Crippen molar-refractivity contribution >= 4 is 26.0 Å². The number of nitrogens with zero attached hydrogens (tertiary/aromatic N) is 2. The monoisotopic (exact) mass is 496 g/mol. The van der Waals surface area contributed by atoms with Crippen molar-refractivity contribution in [3.05, 3.63) is 58.6 Å². The summed E-state index contributed by atoms with van der Waals surface area (Å²) >= 11 is 3.42. The highest BCUT2D eigenvalue weighted by Crippen LogP contribution is 2.35. The van der Waals surface area contributed by atoms with Gasteiger partial charge in [-0.1, -0.05) is 53.2 Å².